The molecule has 0 atom stereocenters. The smallest absolute Gasteiger partial charge is 0.146 e. The largest absolute Gasteiger partial charge is 2.00 e. The molecule has 0 nitrogen and oxygen atoms in total. The van der Waals surface area contributed by atoms with Gasteiger partial charge in [-0.2, -0.15) is 0 Å². The van der Waals surface area contributed by atoms with Crippen molar-refractivity contribution in [1.82, 2.24) is 0 Å². The maximum Gasteiger partial charge on any atom is 2.00 e. The van der Waals surface area contributed by atoms with E-state index in [-0.39, 0.29) is 26.2 Å². The molecule has 0 aromatic heterocycles. The van der Waals surface area contributed by atoms with Crippen LogP contribution in [0.3, 0.4) is 0 Å². The Bertz CT molecular complexity index is 2080. The van der Waals surface area contributed by atoms with Crippen LogP contribution in [0.2, 0.25) is 12.1 Å². The maximum atomic E-state index is 5.81. The normalized spacial score (nSPS) is 13.8. The molecule has 0 N–H and O–H groups in total. The monoisotopic (exact) mass is 760 g/mol. The topological polar surface area (TPSA) is 0 Å². The molecule has 242 valence electrons. The summed E-state index contributed by atoms with van der Waals surface area (Å²) >= 11 is 11.6. The van der Waals surface area contributed by atoms with Gasteiger partial charge in [0.05, 0.1) is 0 Å². The molecular weight excluding hydrogens is 719 g/mol. The van der Waals surface area contributed by atoms with Gasteiger partial charge in [-0.05, 0) is 52.6 Å². The van der Waals surface area contributed by atoms with Crippen LogP contribution in [0, 0.1) is 27.7 Å². The van der Waals surface area contributed by atoms with Crippen LogP contribution in [-0.2, 0) is 26.2 Å². The zero-order valence-electron chi connectivity index (χ0n) is 29.0. The van der Waals surface area contributed by atoms with Crippen molar-refractivity contribution in [1.29, 1.82) is 0 Å². The van der Waals surface area contributed by atoms with Crippen molar-refractivity contribution in [2.45, 2.75) is 66.5 Å². The second kappa shape index (κ2) is 15.4. The second-order valence-electron chi connectivity index (χ2n) is 13.1. The summed E-state index contributed by atoms with van der Waals surface area (Å²) in [6.07, 6.45) is 15.4. The molecule has 0 heterocycles. The predicted octanol–water partition coefficient (Wildman–Crippen LogP) is 14.3. The minimum atomic E-state index is -1.71. The van der Waals surface area contributed by atoms with E-state index in [1.165, 1.54) is 87.6 Å². The Morgan fingerprint density at radius 3 is 1.31 bits per heavy atom. The summed E-state index contributed by atoms with van der Waals surface area (Å²) in [4.78, 5) is 0. The van der Waals surface area contributed by atoms with Crippen molar-refractivity contribution in [3.63, 3.8) is 0 Å². The Kier molecular flexibility index (Phi) is 11.7. The Hall–Kier alpha value is -2.74. The van der Waals surface area contributed by atoms with E-state index >= 15 is 0 Å². The van der Waals surface area contributed by atoms with Gasteiger partial charge in [0, 0.05) is 0 Å². The summed E-state index contributed by atoms with van der Waals surface area (Å²) < 4.78 is 0. The van der Waals surface area contributed by atoms with Gasteiger partial charge in [-0.15, -0.1) is 89.5 Å². The van der Waals surface area contributed by atoms with Crippen molar-refractivity contribution in [3.8, 4) is 0 Å². The molecule has 0 saturated heterocycles. The first-order chi connectivity index (χ1) is 22.6. The molecule has 0 bridgehead atoms. The van der Waals surface area contributed by atoms with E-state index in [0.717, 1.165) is 24.9 Å². The number of aryl methyl sites for hydroxylation is 4. The summed E-state index contributed by atoms with van der Waals surface area (Å²) in [5.41, 5.74) is 11.2. The fraction of sp³-hybridized carbons (Fsp3) is 0.227. The maximum absolute atomic E-state index is 5.81. The number of halogens is 2. The molecule has 2 aliphatic carbocycles. The van der Waals surface area contributed by atoms with Crippen molar-refractivity contribution in [2.75, 3.05) is 0 Å². The predicted molar refractivity (Wildman–Crippen MR) is 215 cm³/mol. The molecule has 0 fully saturated rings. The van der Waals surface area contributed by atoms with Gasteiger partial charge in [0.15, 0.2) is 0 Å². The van der Waals surface area contributed by atoms with Gasteiger partial charge in [-0.3, -0.25) is 0 Å². The molecule has 8 rings (SSSR count). The molecule has 2 aliphatic rings. The van der Waals surface area contributed by atoms with Crippen LogP contribution in [0.5, 0.6) is 0 Å². The number of allylic oxidation sites excluding steroid dienone is 8. The minimum Gasteiger partial charge on any atom is -0.146 e. The SMILES string of the molecule is CC[Si](Cl)(Cl)CC.Cc1ccc2c(c1)[cH-]c1c(C3=CC=CC3)c(C)ccc12.Cc1ccc2c(c1)[cH-]c1c(C3=CC=CC3)c(C)ccc12.[Zr+2]. The van der Waals surface area contributed by atoms with Gasteiger partial charge < -0.3 is 0 Å². The molecule has 6 aromatic carbocycles. The van der Waals surface area contributed by atoms with E-state index in [0.29, 0.717) is 0 Å². The number of rotatable bonds is 4. The third kappa shape index (κ3) is 7.53. The van der Waals surface area contributed by atoms with E-state index in [4.69, 9.17) is 22.2 Å². The Morgan fingerprint density at radius 1 is 0.583 bits per heavy atom. The van der Waals surface area contributed by atoms with Gasteiger partial charge in [-0.25, -0.2) is 0 Å². The van der Waals surface area contributed by atoms with Crippen LogP contribution in [-0.4, -0.2) is 6.69 Å². The first-order valence-electron chi connectivity index (χ1n) is 16.9. The molecule has 0 unspecified atom stereocenters. The fourth-order valence-corrected chi connectivity index (χ4v) is 7.50. The third-order valence-electron chi connectivity index (χ3n) is 9.72. The van der Waals surface area contributed by atoms with Gasteiger partial charge in [-0.1, -0.05) is 143 Å². The molecule has 6 aromatic rings. The summed E-state index contributed by atoms with van der Waals surface area (Å²) in [6.45, 7) is 11.1. The van der Waals surface area contributed by atoms with Crippen molar-refractivity contribution in [3.05, 3.63) is 143 Å². The number of hydrogen-bond acceptors (Lipinski definition) is 0. The molecule has 0 aliphatic heterocycles. The Balaban J connectivity index is 0.000000155. The van der Waals surface area contributed by atoms with E-state index in [2.05, 4.69) is 137 Å². The standard InChI is InChI=1S/2C20H17.C4H10Cl2Si.Zr/c2*1-13-7-9-17-16(11-13)12-19-18(17)10-8-14(2)20(19)15-5-3-4-6-15;1-3-7(5,6)4-2;/h2*3-5,7-12H,6H2,1-2H3;3-4H2,1-2H3;/q2*-1;;+2. The van der Waals surface area contributed by atoms with E-state index in [9.17, 15) is 0 Å². The zero-order chi connectivity index (χ0) is 33.3. The van der Waals surface area contributed by atoms with Crippen molar-refractivity contribution < 1.29 is 26.2 Å². The van der Waals surface area contributed by atoms with Gasteiger partial charge >= 0.3 is 26.2 Å². The summed E-state index contributed by atoms with van der Waals surface area (Å²) in [5, 5.41) is 11.0. The first-order valence-corrected chi connectivity index (χ1v) is 21.3. The summed E-state index contributed by atoms with van der Waals surface area (Å²) in [7, 11) is 0. The first kappa shape index (κ1) is 36.5. The van der Waals surface area contributed by atoms with Crippen LogP contribution < -0.4 is 0 Å². The molecule has 0 radical (unpaired) electrons. The van der Waals surface area contributed by atoms with Crippen LogP contribution in [0.15, 0.2) is 109 Å². The molecule has 0 amide bonds. The van der Waals surface area contributed by atoms with E-state index in [1.807, 2.05) is 13.8 Å². The van der Waals surface area contributed by atoms with Crippen LogP contribution in [0.1, 0.15) is 60.1 Å². The van der Waals surface area contributed by atoms with Crippen LogP contribution in [0.25, 0.3) is 54.2 Å². The number of fused-ring (bicyclic) bond motifs is 6. The van der Waals surface area contributed by atoms with Gasteiger partial charge in [0.1, 0.15) is 0 Å². The Morgan fingerprint density at radius 2 is 0.979 bits per heavy atom. The average molecular weight is 763 g/mol. The van der Waals surface area contributed by atoms with Crippen molar-refractivity contribution >= 4 is 83.1 Å². The fourth-order valence-electron chi connectivity index (χ4n) is 7.00. The number of hydrogen-bond donors (Lipinski definition) is 0. The van der Waals surface area contributed by atoms with E-state index in [1.54, 1.807) is 0 Å². The number of benzene rings is 4. The quantitative estimate of drug-likeness (QED) is 0.0953. The molecule has 0 saturated carbocycles. The van der Waals surface area contributed by atoms with E-state index < -0.39 is 6.69 Å². The molecule has 0 spiro atoms. The Labute approximate surface area is 316 Å². The van der Waals surface area contributed by atoms with Gasteiger partial charge in [0.2, 0.25) is 0 Å². The second-order valence-corrected chi connectivity index (χ2v) is 21.2. The minimum absolute atomic E-state index is 0. The molecule has 48 heavy (non-hydrogen) atoms. The van der Waals surface area contributed by atoms with Gasteiger partial charge in [0.25, 0.3) is 6.69 Å². The summed E-state index contributed by atoms with van der Waals surface area (Å²) in [5.74, 6) is 0. The zero-order valence-corrected chi connectivity index (χ0v) is 33.9. The summed E-state index contributed by atoms with van der Waals surface area (Å²) in [6, 6.07) is 29.2. The molecule has 4 heteroatoms. The van der Waals surface area contributed by atoms with Crippen molar-refractivity contribution in [2.24, 2.45) is 0 Å². The molecular formula is C44H44Cl2SiZr. The average Bonchev–Trinajstić information content (AvgIpc) is 3.88. The van der Waals surface area contributed by atoms with Crippen LogP contribution >= 0.6 is 22.2 Å². The third-order valence-corrected chi connectivity index (χ3v) is 15.0. The van der Waals surface area contributed by atoms with Crippen LogP contribution in [0.4, 0.5) is 0 Å².